The van der Waals surface area contributed by atoms with Gasteiger partial charge in [-0.1, -0.05) is 78.5 Å². The first-order valence-electron chi connectivity index (χ1n) is 20.2. The van der Waals surface area contributed by atoms with E-state index >= 15 is 0 Å². The Kier molecular flexibility index (Phi) is 6.57. The van der Waals surface area contributed by atoms with E-state index in [1.54, 1.807) is 47.4 Å². The molecule has 1 aliphatic heterocycles. The molecular weight excluding hydrogens is 807 g/mol. The Balaban J connectivity index is 1.09. The quantitative estimate of drug-likeness (QED) is 0.130. The smallest absolute Gasteiger partial charge is 0.197 e. The van der Waals surface area contributed by atoms with Crippen molar-refractivity contribution in [3.8, 4) is 32.8 Å². The van der Waals surface area contributed by atoms with Crippen molar-refractivity contribution < 1.29 is 0 Å². The van der Waals surface area contributed by atoms with Crippen molar-refractivity contribution in [2.75, 3.05) is 0 Å². The van der Waals surface area contributed by atoms with E-state index in [9.17, 15) is 19.2 Å². The Morgan fingerprint density at radius 2 is 0.952 bits per heavy atom. The van der Waals surface area contributed by atoms with Gasteiger partial charge in [0.15, 0.2) is 21.7 Å². The highest BCUT2D eigenvalue weighted by molar-refractivity contribution is 7.99. The first-order valence-corrected chi connectivity index (χ1v) is 21.8. The van der Waals surface area contributed by atoms with Crippen LogP contribution in [0.2, 0.25) is 0 Å². The molecule has 0 radical (unpaired) electrons. The molecule has 1 aliphatic rings. The summed E-state index contributed by atoms with van der Waals surface area (Å²) in [5, 5.41) is 5.21. The molecule has 0 amide bonds. The zero-order valence-electron chi connectivity index (χ0n) is 32.2. The van der Waals surface area contributed by atoms with Gasteiger partial charge in [0.25, 0.3) is 0 Å². The maximum atomic E-state index is 14.7. The van der Waals surface area contributed by atoms with Gasteiger partial charge in [-0.25, -0.2) is 4.98 Å². The van der Waals surface area contributed by atoms with Crippen molar-refractivity contribution in [1.82, 2.24) is 13.8 Å². The third-order valence-electron chi connectivity index (χ3n) is 12.8. The molecule has 0 saturated heterocycles. The van der Waals surface area contributed by atoms with Crippen molar-refractivity contribution in [3.05, 3.63) is 193 Å². The molecule has 0 fully saturated rings. The minimum Gasteiger partial charge on any atom is -0.308 e. The second-order valence-electron chi connectivity index (χ2n) is 16.0. The lowest BCUT2D eigenvalue weighted by Gasteiger charge is -2.23. The standard InChI is InChI=1S/C53H25N3O4S2/c57-49-29-11-4-5-17-40(29)55-41-20-19-27(21-37(41)51(59)31-13-6-12-30(49)45(31)55)35-24-39-43(62-53(54-39)26-9-2-1-3-10-26)25-36(35)28-22-38-48-44(23-28)61-42-18-8-16-34-47(42)56(48)46-32(50(34)58)14-7-15-33(46)52(38)60/h1-25H. The molecule has 0 aliphatic carbocycles. The van der Waals surface area contributed by atoms with E-state index < -0.39 is 0 Å². The lowest BCUT2D eigenvalue weighted by molar-refractivity contribution is 1.22. The molecule has 62 heavy (non-hydrogen) atoms. The van der Waals surface area contributed by atoms with Gasteiger partial charge in [-0.2, -0.15) is 0 Å². The zero-order valence-corrected chi connectivity index (χ0v) is 33.9. The maximum Gasteiger partial charge on any atom is 0.197 e. The third-order valence-corrected chi connectivity index (χ3v) is 14.9. The number of para-hydroxylation sites is 4. The fourth-order valence-corrected chi connectivity index (χ4v) is 12.2. The molecule has 288 valence electrons. The molecule has 13 aromatic rings. The summed E-state index contributed by atoms with van der Waals surface area (Å²) < 4.78 is 5.17. The minimum atomic E-state index is -0.152. The Morgan fingerprint density at radius 1 is 0.387 bits per heavy atom. The zero-order chi connectivity index (χ0) is 41.1. The number of nitrogens with zero attached hydrogens (tertiary/aromatic N) is 3. The van der Waals surface area contributed by atoms with E-state index in [1.807, 2.05) is 97.1 Å². The average Bonchev–Trinajstić information content (AvgIpc) is 3.75. The number of hydrogen-bond acceptors (Lipinski definition) is 7. The number of hydrogen-bond donors (Lipinski definition) is 0. The summed E-state index contributed by atoms with van der Waals surface area (Å²) in [5.41, 5.74) is 9.13. The van der Waals surface area contributed by atoms with Crippen molar-refractivity contribution >= 4 is 110 Å². The summed E-state index contributed by atoms with van der Waals surface area (Å²) in [7, 11) is 0. The lowest BCUT2D eigenvalue weighted by Crippen LogP contribution is -2.16. The van der Waals surface area contributed by atoms with E-state index in [-0.39, 0.29) is 21.7 Å². The van der Waals surface area contributed by atoms with Crippen LogP contribution in [0.1, 0.15) is 0 Å². The molecule has 0 atom stereocenters. The van der Waals surface area contributed by atoms with Crippen molar-refractivity contribution in [1.29, 1.82) is 0 Å². The lowest BCUT2D eigenvalue weighted by atomic mass is 9.91. The first kappa shape index (κ1) is 34.0. The number of fused-ring (bicyclic) bond motifs is 5. The minimum absolute atomic E-state index is 0.0744. The van der Waals surface area contributed by atoms with Crippen molar-refractivity contribution in [2.45, 2.75) is 9.79 Å². The second-order valence-corrected chi connectivity index (χ2v) is 18.1. The highest BCUT2D eigenvalue weighted by atomic mass is 32.2. The normalized spacial score (nSPS) is 12.7. The first-order chi connectivity index (χ1) is 30.4. The van der Waals surface area contributed by atoms with E-state index in [4.69, 9.17) is 4.98 Å². The molecule has 7 nitrogen and oxygen atoms in total. The number of thiazole rings is 1. The largest absolute Gasteiger partial charge is 0.308 e. The fraction of sp³-hybridized carbons (Fsp3) is 0. The van der Waals surface area contributed by atoms with Gasteiger partial charge < -0.3 is 8.80 Å². The van der Waals surface area contributed by atoms with Crippen LogP contribution in [0, 0.1) is 0 Å². The number of aromatic nitrogens is 3. The van der Waals surface area contributed by atoms with Crippen molar-refractivity contribution in [3.63, 3.8) is 0 Å². The highest BCUT2D eigenvalue weighted by Gasteiger charge is 2.26. The molecule has 0 bridgehead atoms. The fourth-order valence-electron chi connectivity index (χ4n) is 10.1. The predicted octanol–water partition coefficient (Wildman–Crippen LogP) is 11.5. The van der Waals surface area contributed by atoms with E-state index in [0.29, 0.717) is 59.6 Å². The Morgan fingerprint density at radius 3 is 1.73 bits per heavy atom. The summed E-state index contributed by atoms with van der Waals surface area (Å²) in [6.45, 7) is 0. The molecular formula is C53H25N3O4S2. The van der Waals surface area contributed by atoms with Crippen LogP contribution in [0.15, 0.2) is 181 Å². The van der Waals surface area contributed by atoms with Gasteiger partial charge in [-0.3, -0.25) is 19.2 Å². The summed E-state index contributed by atoms with van der Waals surface area (Å²) in [4.78, 5) is 63.9. The molecule has 0 N–H and O–H groups in total. The molecule has 5 aromatic heterocycles. The van der Waals surface area contributed by atoms with Crippen LogP contribution in [0.25, 0.3) is 119 Å². The highest BCUT2D eigenvalue weighted by Crippen LogP contribution is 2.47. The van der Waals surface area contributed by atoms with E-state index in [2.05, 4.69) is 39.1 Å². The van der Waals surface area contributed by atoms with Gasteiger partial charge in [-0.05, 0) is 107 Å². The van der Waals surface area contributed by atoms with Gasteiger partial charge in [0.2, 0.25) is 0 Å². The molecule has 6 heterocycles. The average molecular weight is 832 g/mol. The van der Waals surface area contributed by atoms with E-state index in [0.717, 1.165) is 69.4 Å². The van der Waals surface area contributed by atoms with E-state index in [1.165, 1.54) is 0 Å². The van der Waals surface area contributed by atoms with Crippen LogP contribution in [0.3, 0.4) is 0 Å². The van der Waals surface area contributed by atoms with Crippen LogP contribution < -0.4 is 21.7 Å². The van der Waals surface area contributed by atoms with Crippen LogP contribution in [-0.2, 0) is 0 Å². The third kappa shape index (κ3) is 4.33. The van der Waals surface area contributed by atoms with Gasteiger partial charge in [-0.15, -0.1) is 11.3 Å². The van der Waals surface area contributed by atoms with Gasteiger partial charge in [0, 0.05) is 58.4 Å². The van der Waals surface area contributed by atoms with Gasteiger partial charge in [0.05, 0.1) is 43.3 Å². The summed E-state index contributed by atoms with van der Waals surface area (Å²) >= 11 is 3.19. The predicted molar refractivity (Wildman–Crippen MR) is 254 cm³/mol. The summed E-state index contributed by atoms with van der Waals surface area (Å²) in [6, 6.07) is 48.7. The van der Waals surface area contributed by atoms with Crippen LogP contribution in [0.5, 0.6) is 0 Å². The summed E-state index contributed by atoms with van der Waals surface area (Å²) in [5.74, 6) is 0. The SMILES string of the molecule is O=c1c2ccccc2n2c3ccc(-c4cc5nc(-c6ccccc6)sc5cc4-c4cc5c6c(c4)c(=O)c4cccc7c(=O)c8cccc(c8n6c74)S5)cc3c(=O)c3cccc1c32. The maximum absolute atomic E-state index is 14.7. The topological polar surface area (TPSA) is 90.0 Å². The Bertz CT molecular complexity index is 4460. The van der Waals surface area contributed by atoms with Gasteiger partial charge in [0.1, 0.15) is 5.01 Å². The Hall–Kier alpha value is -7.72. The molecule has 14 rings (SSSR count). The van der Waals surface area contributed by atoms with Crippen molar-refractivity contribution in [2.24, 2.45) is 0 Å². The Labute approximate surface area is 356 Å². The molecule has 0 saturated carbocycles. The van der Waals surface area contributed by atoms with Crippen LogP contribution in [-0.4, -0.2) is 13.8 Å². The number of rotatable bonds is 3. The molecule has 8 aromatic carbocycles. The second kappa shape index (κ2) is 12.0. The van der Waals surface area contributed by atoms with Crippen LogP contribution >= 0.6 is 23.1 Å². The van der Waals surface area contributed by atoms with Crippen LogP contribution in [0.4, 0.5) is 0 Å². The molecule has 0 spiro atoms. The molecule has 0 unspecified atom stereocenters. The number of pyridine rings is 4. The summed E-state index contributed by atoms with van der Waals surface area (Å²) in [6.07, 6.45) is 0. The van der Waals surface area contributed by atoms with Gasteiger partial charge >= 0.3 is 0 Å². The molecule has 9 heteroatoms. The monoisotopic (exact) mass is 831 g/mol. The number of benzene rings is 8.